The second kappa shape index (κ2) is 6.72. The van der Waals surface area contributed by atoms with Gasteiger partial charge in [0.15, 0.2) is 5.69 Å². The van der Waals surface area contributed by atoms with Crippen LogP contribution in [0.4, 0.5) is 0 Å². The summed E-state index contributed by atoms with van der Waals surface area (Å²) in [4.78, 5) is 49.6. The van der Waals surface area contributed by atoms with Crippen molar-refractivity contribution in [3.63, 3.8) is 0 Å². The minimum atomic E-state index is -0.924. The lowest BCUT2D eigenvalue weighted by Crippen LogP contribution is -2.42. The summed E-state index contributed by atoms with van der Waals surface area (Å²) in [5, 5.41) is 6.49. The summed E-state index contributed by atoms with van der Waals surface area (Å²) in [7, 11) is 4.12. The molecule has 0 atom stereocenters. The Balaban J connectivity index is 2.39. The molecule has 0 saturated carbocycles. The van der Waals surface area contributed by atoms with Crippen molar-refractivity contribution in [2.75, 3.05) is 7.11 Å². The number of hydrogen-bond donors (Lipinski definition) is 1. The third-order valence-electron chi connectivity index (χ3n) is 3.92. The Morgan fingerprint density at radius 1 is 1.11 bits per heavy atom. The van der Waals surface area contributed by atoms with Crippen LogP contribution in [0.1, 0.15) is 0 Å². The van der Waals surface area contributed by atoms with Crippen molar-refractivity contribution in [3.8, 4) is 22.7 Å². The van der Waals surface area contributed by atoms with Crippen LogP contribution in [-0.4, -0.2) is 31.2 Å². The third kappa shape index (κ3) is 2.99. The number of aryl methyl sites for hydroxylation is 2. The Hall–Kier alpha value is -3.40. The Kier molecular flexibility index (Phi) is 4.58. The fourth-order valence-corrected chi connectivity index (χ4v) is 2.73. The number of H-pyrrole nitrogens is 1. The van der Waals surface area contributed by atoms with Crippen molar-refractivity contribution in [1.82, 2.24) is 24.1 Å². The molecular formula is C16H14ClN5O5. The zero-order valence-electron chi connectivity index (χ0n) is 14.5. The molecule has 0 saturated heterocycles. The zero-order chi connectivity index (χ0) is 19.9. The van der Waals surface area contributed by atoms with E-state index in [1.165, 1.54) is 45.6 Å². The largest absolute Gasteiger partial charge is 0.497 e. The standard InChI is InChI=1S/C16H14ClN5O5/c1-20-15(25)13(23)9(7-18-20)12-14(24)22(16(26)21(2)19-12)11-5-4-8(27-3)6-10(11)17/h4-7,18H,1-3H3. The van der Waals surface area contributed by atoms with E-state index in [1.807, 2.05) is 0 Å². The first-order chi connectivity index (χ1) is 12.8. The summed E-state index contributed by atoms with van der Waals surface area (Å²) in [5.74, 6) is 0.436. The summed E-state index contributed by atoms with van der Waals surface area (Å²) in [6.07, 6.45) is 1.18. The molecule has 0 aliphatic rings. The third-order valence-corrected chi connectivity index (χ3v) is 4.22. The van der Waals surface area contributed by atoms with Crippen LogP contribution in [-0.2, 0) is 14.1 Å². The topological polar surface area (TPSA) is 121 Å². The van der Waals surface area contributed by atoms with Gasteiger partial charge in [0.05, 0.1) is 23.4 Å². The van der Waals surface area contributed by atoms with Crippen LogP contribution in [0.15, 0.2) is 43.6 Å². The summed E-state index contributed by atoms with van der Waals surface area (Å²) < 4.78 is 7.68. The number of nitrogens with one attached hydrogen (secondary N) is 1. The zero-order valence-corrected chi connectivity index (χ0v) is 15.3. The maximum atomic E-state index is 12.9. The van der Waals surface area contributed by atoms with Crippen LogP contribution >= 0.6 is 11.6 Å². The fraction of sp³-hybridized carbons (Fsp3) is 0.188. The second-order valence-electron chi connectivity index (χ2n) is 5.59. The number of hydrogen-bond acceptors (Lipinski definition) is 6. The van der Waals surface area contributed by atoms with Gasteiger partial charge in [-0.05, 0) is 12.1 Å². The monoisotopic (exact) mass is 391 g/mol. The van der Waals surface area contributed by atoms with Crippen LogP contribution in [0.5, 0.6) is 5.75 Å². The van der Waals surface area contributed by atoms with Gasteiger partial charge in [-0.3, -0.25) is 19.1 Å². The maximum Gasteiger partial charge on any atom is 0.351 e. The van der Waals surface area contributed by atoms with Crippen molar-refractivity contribution in [2.24, 2.45) is 14.1 Å². The highest BCUT2D eigenvalue weighted by Crippen LogP contribution is 2.24. The van der Waals surface area contributed by atoms with Gasteiger partial charge in [0.2, 0.25) is 0 Å². The molecule has 0 aliphatic carbocycles. The van der Waals surface area contributed by atoms with E-state index in [0.717, 1.165) is 13.9 Å². The highest BCUT2D eigenvalue weighted by Gasteiger charge is 2.20. The van der Waals surface area contributed by atoms with Crippen molar-refractivity contribution >= 4 is 11.6 Å². The number of ether oxygens (including phenoxy) is 1. The molecule has 0 bridgehead atoms. The Labute approximate surface area is 155 Å². The second-order valence-corrected chi connectivity index (χ2v) is 6.00. The molecule has 1 N–H and O–H groups in total. The molecule has 0 amide bonds. The van der Waals surface area contributed by atoms with E-state index >= 15 is 0 Å². The number of aromatic amines is 1. The minimum Gasteiger partial charge on any atom is -0.497 e. The first-order valence-electron chi connectivity index (χ1n) is 7.59. The van der Waals surface area contributed by atoms with Crippen LogP contribution in [0.3, 0.4) is 0 Å². The number of aromatic nitrogens is 5. The number of methoxy groups -OCH3 is 1. The molecule has 11 heteroatoms. The number of halogens is 1. The van der Waals surface area contributed by atoms with E-state index in [9.17, 15) is 19.2 Å². The highest BCUT2D eigenvalue weighted by molar-refractivity contribution is 6.32. The van der Waals surface area contributed by atoms with Crippen molar-refractivity contribution in [1.29, 1.82) is 0 Å². The van der Waals surface area contributed by atoms with Crippen LogP contribution in [0, 0.1) is 0 Å². The number of nitrogens with zero attached hydrogens (tertiary/aromatic N) is 4. The van der Waals surface area contributed by atoms with Crippen LogP contribution < -0.4 is 27.0 Å². The van der Waals surface area contributed by atoms with E-state index < -0.39 is 22.2 Å². The molecule has 0 unspecified atom stereocenters. The normalized spacial score (nSPS) is 10.8. The van der Waals surface area contributed by atoms with Gasteiger partial charge in [-0.25, -0.2) is 14.0 Å². The number of benzene rings is 1. The molecular weight excluding hydrogens is 378 g/mol. The SMILES string of the molecule is COc1ccc(-n2c(=O)c(-c3c[nH]n(C)c(=O)c3=O)nn(C)c2=O)c(Cl)c1. The molecule has 1 aromatic carbocycles. The quantitative estimate of drug-likeness (QED) is 0.609. The van der Waals surface area contributed by atoms with Gasteiger partial charge in [-0.2, -0.15) is 5.10 Å². The number of rotatable bonds is 3. The van der Waals surface area contributed by atoms with Gasteiger partial charge >= 0.3 is 11.2 Å². The lowest BCUT2D eigenvalue weighted by molar-refractivity contribution is 0.414. The molecule has 0 aliphatic heterocycles. The predicted molar refractivity (Wildman–Crippen MR) is 97.9 cm³/mol. The average molecular weight is 392 g/mol. The fourth-order valence-electron chi connectivity index (χ4n) is 2.48. The lowest BCUT2D eigenvalue weighted by Gasteiger charge is -2.11. The molecule has 10 nitrogen and oxygen atoms in total. The summed E-state index contributed by atoms with van der Waals surface area (Å²) in [5.41, 5.74) is -3.96. The van der Waals surface area contributed by atoms with Gasteiger partial charge < -0.3 is 9.84 Å². The molecule has 27 heavy (non-hydrogen) atoms. The van der Waals surface area contributed by atoms with Gasteiger partial charge in [0.1, 0.15) is 5.75 Å². The Morgan fingerprint density at radius 3 is 2.44 bits per heavy atom. The van der Waals surface area contributed by atoms with E-state index in [2.05, 4.69) is 10.2 Å². The molecule has 3 rings (SSSR count). The molecule has 2 heterocycles. The van der Waals surface area contributed by atoms with Gasteiger partial charge in [0.25, 0.3) is 11.0 Å². The smallest absolute Gasteiger partial charge is 0.351 e. The minimum absolute atomic E-state index is 0.0867. The van der Waals surface area contributed by atoms with Gasteiger partial charge in [-0.1, -0.05) is 11.6 Å². The first kappa shape index (κ1) is 18.4. The Morgan fingerprint density at radius 2 is 1.81 bits per heavy atom. The average Bonchev–Trinajstić information content (AvgIpc) is 2.64. The lowest BCUT2D eigenvalue weighted by atomic mass is 10.2. The first-order valence-corrected chi connectivity index (χ1v) is 7.97. The van der Waals surface area contributed by atoms with E-state index in [4.69, 9.17) is 16.3 Å². The van der Waals surface area contributed by atoms with E-state index in [1.54, 1.807) is 0 Å². The summed E-state index contributed by atoms with van der Waals surface area (Å²) in [6.45, 7) is 0. The molecule has 0 fully saturated rings. The molecule has 0 spiro atoms. The van der Waals surface area contributed by atoms with Crippen molar-refractivity contribution < 1.29 is 4.74 Å². The van der Waals surface area contributed by atoms with Gasteiger partial charge in [0, 0.05) is 26.4 Å². The van der Waals surface area contributed by atoms with Crippen LogP contribution in [0.2, 0.25) is 5.02 Å². The molecule has 2 aromatic heterocycles. The van der Waals surface area contributed by atoms with E-state index in [0.29, 0.717) is 5.75 Å². The summed E-state index contributed by atoms with van der Waals surface area (Å²) in [6, 6.07) is 4.40. The molecule has 0 radical (unpaired) electrons. The van der Waals surface area contributed by atoms with Crippen molar-refractivity contribution in [2.45, 2.75) is 0 Å². The predicted octanol–water partition coefficient (Wildman–Crippen LogP) is -0.353. The Bertz CT molecular complexity index is 1280. The highest BCUT2D eigenvalue weighted by atomic mass is 35.5. The molecule has 140 valence electrons. The molecule has 3 aromatic rings. The van der Waals surface area contributed by atoms with Crippen molar-refractivity contribution in [3.05, 3.63) is 70.8 Å². The maximum absolute atomic E-state index is 12.9. The van der Waals surface area contributed by atoms with Crippen LogP contribution in [0.25, 0.3) is 16.9 Å². The summed E-state index contributed by atoms with van der Waals surface area (Å²) >= 11 is 6.19. The van der Waals surface area contributed by atoms with E-state index in [-0.39, 0.29) is 22.0 Å². The van der Waals surface area contributed by atoms with Gasteiger partial charge in [-0.15, -0.1) is 0 Å².